The second-order valence-electron chi connectivity index (χ2n) is 6.02. The number of carbonyl (C=O) groups excluding carboxylic acids is 1. The average Bonchev–Trinajstić information content (AvgIpc) is 2.57. The van der Waals surface area contributed by atoms with Gasteiger partial charge in [0.2, 0.25) is 0 Å². The van der Waals surface area contributed by atoms with Gasteiger partial charge in [0, 0.05) is 11.5 Å². The third-order valence-corrected chi connectivity index (χ3v) is 4.50. The lowest BCUT2D eigenvalue weighted by Crippen LogP contribution is -2.47. The Morgan fingerprint density at radius 3 is 2.00 bits per heavy atom. The Balaban J connectivity index is 4.86. The summed E-state index contributed by atoms with van der Waals surface area (Å²) >= 11 is 0. The molecule has 0 aromatic rings. The Labute approximate surface area is 150 Å². The van der Waals surface area contributed by atoms with Gasteiger partial charge in [-0.1, -0.05) is 40.2 Å². The summed E-state index contributed by atoms with van der Waals surface area (Å²) in [6, 6.07) is 0. The van der Waals surface area contributed by atoms with E-state index in [1.54, 1.807) is 6.92 Å². The second-order valence-corrected chi connectivity index (χ2v) is 6.43. The lowest BCUT2D eigenvalue weighted by atomic mass is 9.99. The topological polar surface area (TPSA) is 54.0 Å². The first-order valence-corrected chi connectivity index (χ1v) is 9.94. The lowest BCUT2D eigenvalue weighted by molar-refractivity contribution is -0.372. The van der Waals surface area contributed by atoms with Gasteiger partial charge in [0.15, 0.2) is 10.5 Å². The molecular weight excluding hydrogens is 324 g/mol. The van der Waals surface area contributed by atoms with E-state index in [0.29, 0.717) is 42.3 Å². The van der Waals surface area contributed by atoms with Gasteiger partial charge in [-0.2, -0.15) is 0 Å². The van der Waals surface area contributed by atoms with Gasteiger partial charge in [-0.3, -0.25) is 0 Å². The first-order chi connectivity index (χ1) is 11.5. The molecule has 0 aliphatic heterocycles. The predicted octanol–water partition coefficient (Wildman–Crippen LogP) is 3.11. The van der Waals surface area contributed by atoms with Crippen LogP contribution in [0.3, 0.4) is 0 Å². The molecule has 0 radical (unpaired) electrons. The van der Waals surface area contributed by atoms with E-state index in [9.17, 15) is 4.79 Å². The second kappa shape index (κ2) is 13.6. The number of hydrogen-bond acceptors (Lipinski definition) is 5. The van der Waals surface area contributed by atoms with Crippen molar-refractivity contribution in [3.63, 3.8) is 0 Å². The number of unbranched alkanes of at least 4 members (excludes halogenated alkanes) is 2. The van der Waals surface area contributed by atoms with Crippen LogP contribution in [0.15, 0.2) is 12.2 Å². The van der Waals surface area contributed by atoms with Gasteiger partial charge in [0.05, 0.1) is 19.8 Å². The fraction of sp³-hybridized carbons (Fsp3) is 0.833. The molecule has 0 N–H and O–H groups in total. The Bertz CT molecular complexity index is 349. The SMILES string of the molecule is C=C(C)C(=O)OCCC(CC)C(O[SiH3])(OCCCC)OCCCC. The van der Waals surface area contributed by atoms with Crippen molar-refractivity contribution < 1.29 is 23.4 Å². The molecule has 5 nitrogen and oxygen atoms in total. The zero-order valence-electron chi connectivity index (χ0n) is 16.2. The van der Waals surface area contributed by atoms with Crippen molar-refractivity contribution in [1.82, 2.24) is 0 Å². The van der Waals surface area contributed by atoms with Gasteiger partial charge in [-0.15, -0.1) is 0 Å². The number of hydrogen-bond donors (Lipinski definition) is 0. The smallest absolute Gasteiger partial charge is 0.333 e. The predicted molar refractivity (Wildman–Crippen MR) is 99.6 cm³/mol. The maximum Gasteiger partial charge on any atom is 0.333 e. The van der Waals surface area contributed by atoms with Crippen LogP contribution in [-0.4, -0.2) is 42.2 Å². The zero-order valence-corrected chi connectivity index (χ0v) is 18.2. The molecule has 0 aliphatic carbocycles. The summed E-state index contributed by atoms with van der Waals surface area (Å²) in [4.78, 5) is 11.5. The van der Waals surface area contributed by atoms with Crippen LogP contribution >= 0.6 is 0 Å². The van der Waals surface area contributed by atoms with Crippen molar-refractivity contribution >= 4 is 16.5 Å². The monoisotopic (exact) mass is 360 g/mol. The van der Waals surface area contributed by atoms with Crippen LogP contribution in [0, 0.1) is 5.92 Å². The first-order valence-electron chi connectivity index (χ1n) is 9.12. The molecule has 0 aromatic heterocycles. The Morgan fingerprint density at radius 1 is 1.08 bits per heavy atom. The summed E-state index contributed by atoms with van der Waals surface area (Å²) < 4.78 is 23.2. The van der Waals surface area contributed by atoms with E-state index >= 15 is 0 Å². The van der Waals surface area contributed by atoms with E-state index in [0.717, 1.165) is 32.1 Å². The van der Waals surface area contributed by atoms with Crippen LogP contribution in [0.5, 0.6) is 0 Å². The molecule has 0 saturated carbocycles. The molecule has 1 unspecified atom stereocenters. The van der Waals surface area contributed by atoms with E-state index in [4.69, 9.17) is 18.6 Å². The van der Waals surface area contributed by atoms with Gasteiger partial charge in [-0.25, -0.2) is 4.79 Å². The number of ether oxygens (including phenoxy) is 3. The molecule has 0 bridgehead atoms. The summed E-state index contributed by atoms with van der Waals surface area (Å²) in [5.74, 6) is -1.36. The van der Waals surface area contributed by atoms with Crippen molar-refractivity contribution in [2.45, 2.75) is 72.2 Å². The average molecular weight is 361 g/mol. The molecule has 0 amide bonds. The molecule has 0 aromatic carbocycles. The summed E-state index contributed by atoms with van der Waals surface area (Å²) in [7, 11) is 0.516. The lowest BCUT2D eigenvalue weighted by Gasteiger charge is -2.39. The van der Waals surface area contributed by atoms with Gasteiger partial charge in [-0.05, 0) is 32.6 Å². The largest absolute Gasteiger partial charge is 0.462 e. The Morgan fingerprint density at radius 2 is 1.62 bits per heavy atom. The van der Waals surface area contributed by atoms with Crippen LogP contribution in [0.1, 0.15) is 66.2 Å². The minimum Gasteiger partial charge on any atom is -0.462 e. The fourth-order valence-corrected chi connectivity index (χ4v) is 2.90. The van der Waals surface area contributed by atoms with Crippen molar-refractivity contribution in [3.8, 4) is 0 Å². The van der Waals surface area contributed by atoms with Crippen LogP contribution in [-0.2, 0) is 23.4 Å². The molecule has 0 saturated heterocycles. The maximum atomic E-state index is 11.5. The molecular formula is C18H36O5Si. The van der Waals surface area contributed by atoms with E-state index in [1.807, 2.05) is 0 Å². The maximum absolute atomic E-state index is 11.5. The van der Waals surface area contributed by atoms with Crippen LogP contribution < -0.4 is 0 Å². The van der Waals surface area contributed by atoms with Crippen LogP contribution in [0.4, 0.5) is 0 Å². The summed E-state index contributed by atoms with van der Waals surface area (Å²) in [6.45, 7) is 13.1. The molecule has 142 valence electrons. The Kier molecular flexibility index (Phi) is 13.2. The molecule has 0 heterocycles. The van der Waals surface area contributed by atoms with E-state index in [1.165, 1.54) is 0 Å². The standard InChI is InChI=1S/C18H36O5Si/c1-6-9-12-21-18(23-24,22-13-10-7-2)16(8-3)11-14-20-17(19)15(4)5/h16H,4,6-14H2,1-3,5,24H3. The summed E-state index contributed by atoms with van der Waals surface area (Å²) in [6.07, 6.45) is 5.50. The minimum atomic E-state index is -1.01. The highest BCUT2D eigenvalue weighted by Crippen LogP contribution is 2.31. The number of rotatable bonds is 15. The van der Waals surface area contributed by atoms with Crippen molar-refractivity contribution in [2.75, 3.05) is 19.8 Å². The van der Waals surface area contributed by atoms with Gasteiger partial charge in [0.25, 0.3) is 5.97 Å². The van der Waals surface area contributed by atoms with Crippen molar-refractivity contribution in [2.24, 2.45) is 5.92 Å². The highest BCUT2D eigenvalue weighted by Gasteiger charge is 2.40. The third-order valence-electron chi connectivity index (χ3n) is 3.93. The summed E-state index contributed by atoms with van der Waals surface area (Å²) in [5, 5.41) is 0. The number of carbonyl (C=O) groups is 1. The van der Waals surface area contributed by atoms with E-state index < -0.39 is 5.97 Å². The van der Waals surface area contributed by atoms with Crippen LogP contribution in [0.2, 0.25) is 0 Å². The zero-order chi connectivity index (χ0) is 18.4. The molecule has 6 heteroatoms. The Hall–Kier alpha value is -0.693. The van der Waals surface area contributed by atoms with Crippen LogP contribution in [0.25, 0.3) is 0 Å². The molecule has 0 aliphatic rings. The normalized spacial score (nSPS) is 13.0. The highest BCUT2D eigenvalue weighted by atomic mass is 28.2. The molecule has 0 rings (SSSR count). The first kappa shape index (κ1) is 23.3. The molecule has 24 heavy (non-hydrogen) atoms. The quantitative estimate of drug-likeness (QED) is 0.148. The highest BCUT2D eigenvalue weighted by molar-refractivity contribution is 5.98. The van der Waals surface area contributed by atoms with Crippen molar-refractivity contribution in [3.05, 3.63) is 12.2 Å². The van der Waals surface area contributed by atoms with Crippen molar-refractivity contribution in [1.29, 1.82) is 0 Å². The fourth-order valence-electron chi connectivity index (χ4n) is 2.33. The minimum absolute atomic E-state index is 0.0154. The van der Waals surface area contributed by atoms with Gasteiger partial charge < -0.3 is 18.6 Å². The van der Waals surface area contributed by atoms with E-state index in [-0.39, 0.29) is 11.9 Å². The summed E-state index contributed by atoms with van der Waals surface area (Å²) in [5.41, 5.74) is 0.409. The van der Waals surface area contributed by atoms with Gasteiger partial charge in [0.1, 0.15) is 0 Å². The molecule has 1 atom stereocenters. The molecule has 0 spiro atoms. The van der Waals surface area contributed by atoms with E-state index in [2.05, 4.69) is 27.4 Å². The number of esters is 1. The third kappa shape index (κ3) is 8.42. The molecule has 0 fully saturated rings. The van der Waals surface area contributed by atoms with Gasteiger partial charge >= 0.3 is 5.97 Å².